The van der Waals surface area contributed by atoms with E-state index in [4.69, 9.17) is 27.8 Å². The van der Waals surface area contributed by atoms with E-state index < -0.39 is 35.2 Å². The summed E-state index contributed by atoms with van der Waals surface area (Å²) in [5.74, 6) is -2.54. The first-order valence-corrected chi connectivity index (χ1v) is 14.1. The number of nitrogen functional groups attached to an aromatic ring is 1. The number of nitrogens with two attached hydrogens (primary N) is 2. The average Bonchev–Trinajstić information content (AvgIpc) is 3.20. The van der Waals surface area contributed by atoms with Gasteiger partial charge in [0.15, 0.2) is 5.13 Å². The van der Waals surface area contributed by atoms with Crippen molar-refractivity contribution in [1.82, 2.24) is 20.2 Å². The molecule has 2 unspecified atom stereocenters. The molecule has 4 atom stereocenters. The molecule has 0 aromatic carbocycles. The molecular formula is C21H22ClN7O6S3. The third-order valence-electron chi connectivity index (χ3n) is 5.40. The average molecular weight is 600 g/mol. The van der Waals surface area contributed by atoms with E-state index >= 15 is 0 Å². The molecule has 1 fully saturated rings. The fraction of sp³-hybridized carbons (Fsp3) is 0.381. The maximum atomic E-state index is 13.0. The molecule has 202 valence electrons. The number of thioether (sulfide) groups is 2. The number of nitroso groups, excluding NO2 is 1. The zero-order valence-electron chi connectivity index (χ0n) is 19.7. The Balaban J connectivity index is 1.51. The number of rotatable bonds is 11. The molecule has 4 heterocycles. The number of carbonyl (C=O) groups excluding carboxylic acids is 2. The summed E-state index contributed by atoms with van der Waals surface area (Å²) in [5, 5.41) is 14.6. The Kier molecular flexibility index (Phi) is 8.89. The molecular weight excluding hydrogens is 578 g/mol. The van der Waals surface area contributed by atoms with E-state index in [2.05, 4.69) is 20.5 Å². The lowest BCUT2D eigenvalue weighted by Gasteiger charge is -2.49. The molecule has 4 rings (SSSR count). The number of carbonyl (C=O) groups is 3. The number of aromatic nitrogens is 2. The second kappa shape index (κ2) is 12.0. The molecule has 6 N–H and O–H groups in total. The minimum absolute atomic E-state index is 0.0343. The molecule has 2 aromatic rings. The van der Waals surface area contributed by atoms with Gasteiger partial charge in [0.1, 0.15) is 27.1 Å². The predicted octanol–water partition coefficient (Wildman–Crippen LogP) is 1.93. The van der Waals surface area contributed by atoms with Crippen molar-refractivity contribution >= 4 is 69.4 Å². The number of thiazole rings is 1. The molecule has 2 aromatic heterocycles. The van der Waals surface area contributed by atoms with Crippen LogP contribution in [0.5, 0.6) is 0 Å². The van der Waals surface area contributed by atoms with Crippen molar-refractivity contribution in [1.29, 1.82) is 0 Å². The molecule has 38 heavy (non-hydrogen) atoms. The first-order valence-electron chi connectivity index (χ1n) is 11.0. The summed E-state index contributed by atoms with van der Waals surface area (Å²) < 4.78 is 5.64. The fourth-order valence-corrected chi connectivity index (χ4v) is 7.26. The number of pyridine rings is 1. The lowest BCUT2D eigenvalue weighted by molar-refractivity contribution is -0.150. The normalized spacial score (nSPS) is 20.4. The number of hydrogen-bond acceptors (Lipinski definition) is 13. The molecule has 0 saturated carbocycles. The van der Waals surface area contributed by atoms with Gasteiger partial charge in [-0.2, -0.15) is 0 Å². The van der Waals surface area contributed by atoms with Gasteiger partial charge in [0.05, 0.1) is 13.2 Å². The summed E-state index contributed by atoms with van der Waals surface area (Å²) in [7, 11) is 0. The number of fused-ring (bicyclic) bond motifs is 1. The maximum Gasteiger partial charge on any atom is 0.353 e. The third kappa shape index (κ3) is 5.79. The van der Waals surface area contributed by atoms with Crippen LogP contribution < -0.4 is 16.8 Å². The summed E-state index contributed by atoms with van der Waals surface area (Å²) in [6.45, 7) is 2.40. The summed E-state index contributed by atoms with van der Waals surface area (Å²) in [4.78, 5) is 59.7. The summed E-state index contributed by atoms with van der Waals surface area (Å²) in [5.41, 5.74) is 11.8. The van der Waals surface area contributed by atoms with Crippen LogP contribution in [0.3, 0.4) is 0 Å². The molecule has 0 spiro atoms. The van der Waals surface area contributed by atoms with Crippen LogP contribution in [0.4, 0.5) is 5.13 Å². The molecule has 0 aliphatic carbocycles. The van der Waals surface area contributed by atoms with Crippen molar-refractivity contribution in [3.05, 3.63) is 49.6 Å². The van der Waals surface area contributed by atoms with E-state index in [1.807, 2.05) is 6.92 Å². The predicted molar refractivity (Wildman–Crippen MR) is 143 cm³/mol. The zero-order chi connectivity index (χ0) is 27.6. The topological polar surface area (TPSA) is 203 Å². The van der Waals surface area contributed by atoms with E-state index in [1.165, 1.54) is 23.5 Å². The number of nitrogens with zero attached hydrogens (tertiary/aromatic N) is 4. The standard InChI is InChI=1S/C21H22ClN7O6S3/c1-8(23)5-35-6-9-4-25-3-2-10(9)37-11-7-36-19-14(18(31)29(19)15(11)20(32)33)26-17(30)13(28-34)12-16(22)38-21(24)27-12/h2-4,8,13-14,19H,5-7,23H2,1H3,(H2,24,27)(H,26,30)(H,32,33)/t8?,13?,14-,19+/m1/s1. The van der Waals surface area contributed by atoms with Crippen LogP contribution >= 0.6 is 46.5 Å². The largest absolute Gasteiger partial charge is 0.477 e. The van der Waals surface area contributed by atoms with Gasteiger partial charge in [-0.1, -0.05) is 34.7 Å². The summed E-state index contributed by atoms with van der Waals surface area (Å²) >= 11 is 9.37. The Hall–Kier alpha value is -2.76. The number of halogens is 1. The number of anilines is 1. The third-order valence-corrected chi connectivity index (χ3v) is 9.18. The number of nitrogens with one attached hydrogen (secondary N) is 1. The van der Waals surface area contributed by atoms with E-state index in [-0.39, 0.29) is 39.3 Å². The number of β-lactam (4-membered cyclic amide) rings is 1. The number of ether oxygens (including phenoxy) is 1. The maximum absolute atomic E-state index is 13.0. The first-order chi connectivity index (χ1) is 18.1. The lowest BCUT2D eigenvalue weighted by Crippen LogP contribution is -2.70. The van der Waals surface area contributed by atoms with Gasteiger partial charge in [-0.25, -0.2) is 9.78 Å². The van der Waals surface area contributed by atoms with Crippen molar-refractivity contribution in [3.63, 3.8) is 0 Å². The minimum Gasteiger partial charge on any atom is -0.477 e. The van der Waals surface area contributed by atoms with Crippen LogP contribution in [0.25, 0.3) is 0 Å². The summed E-state index contributed by atoms with van der Waals surface area (Å²) in [6, 6.07) is -1.07. The highest BCUT2D eigenvalue weighted by molar-refractivity contribution is 8.06. The summed E-state index contributed by atoms with van der Waals surface area (Å²) in [6.07, 6.45) is 3.21. The molecule has 2 aliphatic heterocycles. The van der Waals surface area contributed by atoms with Gasteiger partial charge in [-0.05, 0) is 18.2 Å². The van der Waals surface area contributed by atoms with Crippen molar-refractivity contribution in [2.45, 2.75) is 41.9 Å². The zero-order valence-corrected chi connectivity index (χ0v) is 22.9. The van der Waals surface area contributed by atoms with Gasteiger partial charge < -0.3 is 26.6 Å². The van der Waals surface area contributed by atoms with Gasteiger partial charge in [0.25, 0.3) is 11.8 Å². The van der Waals surface area contributed by atoms with Gasteiger partial charge in [0, 0.05) is 39.6 Å². The number of carboxylic acid groups (broad SMARTS) is 1. The smallest absolute Gasteiger partial charge is 0.353 e. The Morgan fingerprint density at radius 2 is 2.24 bits per heavy atom. The molecule has 2 aliphatic rings. The Labute approximate surface area is 233 Å². The van der Waals surface area contributed by atoms with Crippen LogP contribution in [-0.2, 0) is 25.7 Å². The van der Waals surface area contributed by atoms with Crippen molar-refractivity contribution in [2.24, 2.45) is 10.9 Å². The second-order valence-corrected chi connectivity index (χ2v) is 12.1. The van der Waals surface area contributed by atoms with Gasteiger partial charge in [0.2, 0.25) is 6.04 Å². The van der Waals surface area contributed by atoms with Crippen LogP contribution in [0.1, 0.15) is 24.2 Å². The highest BCUT2D eigenvalue weighted by atomic mass is 35.5. The van der Waals surface area contributed by atoms with Crippen molar-refractivity contribution < 1.29 is 24.2 Å². The highest BCUT2D eigenvalue weighted by Gasteiger charge is 2.55. The van der Waals surface area contributed by atoms with E-state index in [0.29, 0.717) is 11.5 Å². The number of hydrogen-bond donors (Lipinski definition) is 4. The molecule has 17 heteroatoms. The van der Waals surface area contributed by atoms with E-state index in [9.17, 15) is 24.4 Å². The van der Waals surface area contributed by atoms with Crippen molar-refractivity contribution in [2.75, 3.05) is 18.1 Å². The SMILES string of the molecule is CC(N)COCc1cnccc1SC1=C(C(=O)O)N2C(=O)[C@@H](NC(=O)C(N=O)c3nc(N)sc3Cl)[C@@H]2SC1. The highest BCUT2D eigenvalue weighted by Crippen LogP contribution is 2.46. The van der Waals surface area contributed by atoms with Gasteiger partial charge in [-0.15, -0.1) is 16.7 Å². The Bertz CT molecular complexity index is 1310. The molecule has 0 bridgehead atoms. The molecule has 13 nitrogen and oxygen atoms in total. The Morgan fingerprint density at radius 1 is 1.47 bits per heavy atom. The van der Waals surface area contributed by atoms with Crippen LogP contribution in [0.2, 0.25) is 4.34 Å². The van der Waals surface area contributed by atoms with Gasteiger partial charge in [-0.3, -0.25) is 19.5 Å². The number of carboxylic acids is 1. The minimum atomic E-state index is -1.61. The fourth-order valence-electron chi connectivity index (χ4n) is 3.73. The van der Waals surface area contributed by atoms with Crippen molar-refractivity contribution in [3.8, 4) is 0 Å². The van der Waals surface area contributed by atoms with Crippen LogP contribution in [0, 0.1) is 4.91 Å². The number of amides is 2. The van der Waals surface area contributed by atoms with Gasteiger partial charge >= 0.3 is 5.97 Å². The second-order valence-electron chi connectivity index (χ2n) is 8.27. The van der Waals surface area contributed by atoms with Crippen LogP contribution in [-0.4, -0.2) is 67.6 Å². The van der Waals surface area contributed by atoms with Crippen LogP contribution in [0.15, 0.2) is 39.1 Å². The molecule has 0 radical (unpaired) electrons. The van der Waals surface area contributed by atoms with E-state index in [0.717, 1.165) is 26.7 Å². The van der Waals surface area contributed by atoms with E-state index in [1.54, 1.807) is 18.5 Å². The Morgan fingerprint density at radius 3 is 2.87 bits per heavy atom. The number of aliphatic carboxylic acids is 1. The molecule has 2 amide bonds. The lowest BCUT2D eigenvalue weighted by atomic mass is 10.0. The first kappa shape index (κ1) is 28.3. The monoisotopic (exact) mass is 599 g/mol. The molecule has 1 saturated heterocycles. The quantitative estimate of drug-likeness (QED) is 0.216.